The van der Waals surface area contributed by atoms with Crippen molar-refractivity contribution in [3.63, 3.8) is 0 Å². The Balaban J connectivity index is -0.000000469. The van der Waals surface area contributed by atoms with Crippen LogP contribution in [0.5, 0.6) is 0 Å². The Morgan fingerprint density at radius 1 is 0.861 bits per heavy atom. The largest absolute Gasteiger partial charge is 0.673 e. The number of halogens is 4. The molecule has 0 atom stereocenters. The van der Waals surface area contributed by atoms with Gasteiger partial charge < -0.3 is 26.1 Å². The van der Waals surface area contributed by atoms with Gasteiger partial charge in [-0.3, -0.25) is 0 Å². The summed E-state index contributed by atoms with van der Waals surface area (Å²) in [5.74, 6) is 5.54. The summed E-state index contributed by atoms with van der Waals surface area (Å²) < 4.78 is 49.7. The molecule has 36 heavy (non-hydrogen) atoms. The van der Waals surface area contributed by atoms with Crippen LogP contribution in [-0.4, -0.2) is 14.4 Å². The zero-order valence-electron chi connectivity index (χ0n) is 21.7. The molecule has 12 heteroatoms. The second kappa shape index (κ2) is 19.8. The van der Waals surface area contributed by atoms with Crippen LogP contribution in [0.25, 0.3) is 11.3 Å². The summed E-state index contributed by atoms with van der Waals surface area (Å²) >= 11 is 0. The van der Waals surface area contributed by atoms with Crippen molar-refractivity contribution in [2.45, 2.75) is 48.0 Å². The van der Waals surface area contributed by atoms with Crippen LogP contribution in [0, 0.1) is 56.7 Å². The predicted molar refractivity (Wildman–Crippen MR) is 133 cm³/mol. The number of nitrogens with one attached hydrogen (secondary N) is 2. The Morgan fingerprint density at radius 3 is 1.53 bits per heavy atom. The molecule has 0 aliphatic heterocycles. The van der Waals surface area contributed by atoms with Gasteiger partial charge in [-0.1, -0.05) is 95.5 Å². The van der Waals surface area contributed by atoms with E-state index in [4.69, 9.17) is 18.7 Å². The molecule has 2 aromatic rings. The molecule has 6 nitrogen and oxygen atoms in total. The molecule has 0 spiro atoms. The number of hydrogen-bond acceptors (Lipinski definition) is 5. The van der Waals surface area contributed by atoms with Gasteiger partial charge in [0.1, 0.15) is 0 Å². The Bertz CT molecular complexity index is 851. The van der Waals surface area contributed by atoms with Crippen LogP contribution in [0.3, 0.4) is 0 Å². The molecule has 1 aromatic carbocycles. The molecule has 1 aliphatic rings. The van der Waals surface area contributed by atoms with Gasteiger partial charge in [0, 0.05) is 22.9 Å². The van der Waals surface area contributed by atoms with Crippen molar-refractivity contribution in [1.29, 1.82) is 11.2 Å². The standard InChI is InChI=1S/C14H14O2.C10H20.BF4.Cr.2HNO/c1-3-11-9-10-13(15-2)16-14(11)12-7-5-4-6-8-12;1-6-7(2)9(4)10(5)8(6)3;2-1(3,4)5;;2*1-2/h4-9H,3H2,1-2H3;6-10H,1-5H3;;;2*1H/q;;-1;;;. The fourth-order valence-corrected chi connectivity index (χ4v) is 3.99. The van der Waals surface area contributed by atoms with Gasteiger partial charge in [0.05, 0.1) is 0 Å². The van der Waals surface area contributed by atoms with Crippen molar-refractivity contribution < 1.29 is 39.0 Å². The number of aryl methyl sites for hydroxylation is 1. The van der Waals surface area contributed by atoms with Gasteiger partial charge >= 0.3 is 12.9 Å². The molecule has 1 saturated carbocycles. The Hall–Kier alpha value is -2.31. The second-order valence-electron chi connectivity index (χ2n) is 8.25. The van der Waals surface area contributed by atoms with E-state index >= 15 is 0 Å². The normalized spacial score (nSPS) is 22.5. The quantitative estimate of drug-likeness (QED) is 0.129. The summed E-state index contributed by atoms with van der Waals surface area (Å²) in [6.45, 7) is 14.1. The topological polar surface area (TPSA) is 106 Å². The summed E-state index contributed by atoms with van der Waals surface area (Å²) in [6, 6.07) is 14.9. The van der Waals surface area contributed by atoms with Crippen LogP contribution in [0.1, 0.15) is 47.1 Å². The molecule has 1 heterocycles. The Morgan fingerprint density at radius 2 is 1.22 bits per heavy atom. The minimum absolute atomic E-state index is 0. The van der Waals surface area contributed by atoms with Gasteiger partial charge in [0.25, 0.3) is 0 Å². The molecular formula is C24H36BCrF4N2O4-. The smallest absolute Gasteiger partial charge is 0.418 e. The van der Waals surface area contributed by atoms with Gasteiger partial charge in [0.2, 0.25) is 0 Å². The number of benzene rings is 1. The first-order chi connectivity index (χ1) is 16.4. The van der Waals surface area contributed by atoms with Crippen LogP contribution in [-0.2, 0) is 23.8 Å². The maximum Gasteiger partial charge on any atom is 0.673 e. The molecule has 0 bridgehead atoms. The van der Waals surface area contributed by atoms with Gasteiger partial charge in [0.15, 0.2) is 12.9 Å². The molecule has 204 valence electrons. The zero-order chi connectivity index (χ0) is 27.8. The SMILES string of the molecule is CC1C(C)C(C)C(C)C1C.CCc1c[c-]c(=[O+]C)oc1-c1ccccc1.F[B-](F)(F)F.N=O.N=O.[Cr]. The minimum Gasteiger partial charge on any atom is -0.418 e. The molecule has 2 N–H and O–H groups in total. The average Bonchev–Trinajstić information content (AvgIpc) is 3.03. The molecule has 0 amide bonds. The molecule has 0 saturated heterocycles. The van der Waals surface area contributed by atoms with E-state index in [0.717, 1.165) is 52.9 Å². The molecule has 1 fully saturated rings. The maximum atomic E-state index is 9.75. The molecule has 0 unspecified atom stereocenters. The Labute approximate surface area is 221 Å². The summed E-state index contributed by atoms with van der Waals surface area (Å²) in [6.07, 6.45) is 0.911. The molecular weight excluding hydrogens is 519 g/mol. The molecule has 3 rings (SSSR count). The average molecular weight is 555 g/mol. The van der Waals surface area contributed by atoms with Gasteiger partial charge in [-0.05, 0) is 29.6 Å². The van der Waals surface area contributed by atoms with E-state index in [1.165, 1.54) is 0 Å². The first-order valence-corrected chi connectivity index (χ1v) is 11.2. The number of hydrogen-bond donors (Lipinski definition) is 2. The van der Waals surface area contributed by atoms with Crippen LogP contribution >= 0.6 is 0 Å². The first kappa shape index (κ1) is 38.2. The van der Waals surface area contributed by atoms with E-state index in [0.29, 0.717) is 5.63 Å². The van der Waals surface area contributed by atoms with Gasteiger partial charge in [-0.2, -0.15) is 9.81 Å². The predicted octanol–water partition coefficient (Wildman–Crippen LogP) is 7.98. The summed E-state index contributed by atoms with van der Waals surface area (Å²) in [5, 5.41) is 0. The zero-order valence-corrected chi connectivity index (χ0v) is 23.0. The molecule has 1 aliphatic carbocycles. The second-order valence-corrected chi connectivity index (χ2v) is 8.25. The van der Waals surface area contributed by atoms with E-state index < -0.39 is 7.25 Å². The van der Waals surface area contributed by atoms with Gasteiger partial charge in [-0.25, -0.2) is 6.07 Å². The third kappa shape index (κ3) is 13.7. The van der Waals surface area contributed by atoms with Crippen LogP contribution in [0.2, 0.25) is 0 Å². The monoisotopic (exact) mass is 555 g/mol. The first-order valence-electron chi connectivity index (χ1n) is 11.2. The van der Waals surface area contributed by atoms with Crippen LogP contribution in [0.4, 0.5) is 17.3 Å². The Kier molecular flexibility index (Phi) is 21.0. The van der Waals surface area contributed by atoms with Gasteiger partial charge in [-0.15, -0.1) is 5.56 Å². The van der Waals surface area contributed by atoms with E-state index in [2.05, 4.69) is 58.8 Å². The van der Waals surface area contributed by atoms with Crippen molar-refractivity contribution in [2.75, 3.05) is 7.11 Å². The molecule has 0 radical (unpaired) electrons. The van der Waals surface area contributed by atoms with E-state index in [9.17, 15) is 17.3 Å². The van der Waals surface area contributed by atoms with Crippen molar-refractivity contribution >= 4 is 7.25 Å². The van der Waals surface area contributed by atoms with E-state index in [-0.39, 0.29) is 17.4 Å². The summed E-state index contributed by atoms with van der Waals surface area (Å²) in [4.78, 5) is 15.0. The third-order valence-electron chi connectivity index (χ3n) is 6.60. The number of nitroso groups, excluding NO2 is 2. The summed E-state index contributed by atoms with van der Waals surface area (Å²) in [7, 11) is -4.42. The van der Waals surface area contributed by atoms with E-state index in [1.54, 1.807) is 7.11 Å². The van der Waals surface area contributed by atoms with Crippen molar-refractivity contribution in [2.24, 2.45) is 29.6 Å². The fraction of sp³-hybridized carbons (Fsp3) is 0.542. The summed E-state index contributed by atoms with van der Waals surface area (Å²) in [5.41, 5.74) is 11.6. The minimum atomic E-state index is -6.00. The third-order valence-corrected chi connectivity index (χ3v) is 6.60. The van der Waals surface area contributed by atoms with E-state index in [1.807, 2.05) is 36.4 Å². The maximum absolute atomic E-state index is 9.75. The van der Waals surface area contributed by atoms with Crippen molar-refractivity contribution in [3.8, 4) is 11.3 Å². The van der Waals surface area contributed by atoms with Crippen LogP contribution in [0.15, 0.2) is 45.2 Å². The van der Waals surface area contributed by atoms with Crippen molar-refractivity contribution in [3.05, 3.63) is 67.9 Å². The van der Waals surface area contributed by atoms with Crippen LogP contribution < -0.4 is 5.63 Å². The molecule has 1 aromatic heterocycles. The van der Waals surface area contributed by atoms with Crippen molar-refractivity contribution in [1.82, 2.24) is 0 Å². The number of rotatable bonds is 2. The fourth-order valence-electron chi connectivity index (χ4n) is 3.99.